The van der Waals surface area contributed by atoms with Crippen LogP contribution in [0.15, 0.2) is 11.6 Å². The molecule has 0 N–H and O–H groups in total. The highest BCUT2D eigenvalue weighted by Crippen LogP contribution is 2.06. The molecule has 0 saturated heterocycles. The molecule has 0 aromatic rings. The summed E-state index contributed by atoms with van der Waals surface area (Å²) in [6.07, 6.45) is -2.36. The fourth-order valence-electron chi connectivity index (χ4n) is 0.271. The summed E-state index contributed by atoms with van der Waals surface area (Å²) in [5.41, 5.74) is -0.525. The van der Waals surface area contributed by atoms with Crippen molar-refractivity contribution in [3.63, 3.8) is 0 Å². The second-order valence-electron chi connectivity index (χ2n) is 1.59. The maximum Gasteiger partial charge on any atom is 0.372 e. The Morgan fingerprint density at radius 2 is 2.10 bits per heavy atom. The molecule has 0 atom stereocenters. The van der Waals surface area contributed by atoms with Crippen molar-refractivity contribution >= 4 is 5.97 Å². The molecule has 0 heterocycles. The Morgan fingerprint density at radius 1 is 1.60 bits per heavy atom. The zero-order valence-corrected chi connectivity index (χ0v) is 5.11. The van der Waals surface area contributed by atoms with Gasteiger partial charge in [0, 0.05) is 10.6 Å². The van der Waals surface area contributed by atoms with Crippen LogP contribution in [0.4, 0.5) is 13.3 Å². The molecule has 2 nitrogen and oxygen atoms in total. The molecule has 0 fully saturated rings. The van der Waals surface area contributed by atoms with E-state index in [4.69, 9.17) is 0 Å². The number of hydrogen-bond donors (Lipinski definition) is 0. The van der Waals surface area contributed by atoms with E-state index in [1.165, 1.54) is 0 Å². The van der Waals surface area contributed by atoms with Crippen molar-refractivity contribution in [3.8, 4) is 0 Å². The molecule has 10 heavy (non-hydrogen) atoms. The molecule has 0 unspecified atom stereocenters. The van der Waals surface area contributed by atoms with Crippen LogP contribution in [0.25, 0.3) is 0 Å². The van der Waals surface area contributed by atoms with Gasteiger partial charge >= 0.3 is 5.97 Å². The molecule has 0 aliphatic carbocycles. The molecule has 0 saturated carbocycles. The molecule has 0 aliphatic heterocycles. The van der Waals surface area contributed by atoms with Gasteiger partial charge in [-0.05, 0) is 12.5 Å². The van der Waals surface area contributed by atoms with Crippen molar-refractivity contribution in [1.82, 2.24) is 0 Å². The molecule has 0 aromatic heterocycles. The van der Waals surface area contributed by atoms with Gasteiger partial charge in [-0.25, -0.2) is 13.6 Å². The van der Waals surface area contributed by atoms with Crippen molar-refractivity contribution in [3.05, 3.63) is 11.6 Å². The summed E-state index contributed by atoms with van der Waals surface area (Å²) in [5.74, 6) is -1.42. The maximum absolute atomic E-state index is 11.5. The van der Waals surface area contributed by atoms with E-state index in [2.05, 4.69) is 4.94 Å². The highest BCUT2D eigenvalue weighted by atomic mass is 19.3. The van der Waals surface area contributed by atoms with Gasteiger partial charge in [-0.3, -0.25) is 4.94 Å². The van der Waals surface area contributed by atoms with Crippen molar-refractivity contribution < 1.29 is 23.0 Å². The molecule has 0 aliphatic rings. The first-order chi connectivity index (χ1) is 4.57. The van der Waals surface area contributed by atoms with Crippen LogP contribution in [0.2, 0.25) is 0 Å². The topological polar surface area (TPSA) is 26.3 Å². The molecule has 58 valence electrons. The van der Waals surface area contributed by atoms with E-state index < -0.39 is 18.0 Å². The van der Waals surface area contributed by atoms with Crippen LogP contribution in [0.5, 0.6) is 0 Å². The van der Waals surface area contributed by atoms with Crippen molar-refractivity contribution in [2.24, 2.45) is 0 Å². The zero-order chi connectivity index (χ0) is 8.15. The summed E-state index contributed by atoms with van der Waals surface area (Å²) < 4.78 is 33.9. The highest BCUT2D eigenvalue weighted by molar-refractivity contribution is 5.82. The second kappa shape index (κ2) is 3.92. The Hall–Kier alpha value is -1.00. The summed E-state index contributed by atoms with van der Waals surface area (Å²) in [6.45, 7) is 1.00. The van der Waals surface area contributed by atoms with E-state index in [1.807, 2.05) is 0 Å². The third kappa shape index (κ3) is 3.11. The second-order valence-corrected chi connectivity index (χ2v) is 1.59. The van der Waals surface area contributed by atoms with Crippen molar-refractivity contribution in [2.45, 2.75) is 13.3 Å². The van der Waals surface area contributed by atoms with E-state index >= 15 is 0 Å². The summed E-state index contributed by atoms with van der Waals surface area (Å²) >= 11 is 0. The lowest BCUT2D eigenvalue weighted by molar-refractivity contribution is -0.176. The van der Waals surface area contributed by atoms with Gasteiger partial charge < -0.3 is 0 Å². The first kappa shape index (κ1) is 9.00. The lowest BCUT2D eigenvalue weighted by Crippen LogP contribution is -1.98. The van der Waals surface area contributed by atoms with Crippen LogP contribution in [-0.4, -0.2) is 12.4 Å². The Kier molecular flexibility index (Phi) is 3.53. The summed E-state index contributed by atoms with van der Waals surface area (Å²) in [4.78, 5) is 12.5. The predicted molar refractivity (Wildman–Crippen MR) is 27.0 cm³/mol. The smallest absolute Gasteiger partial charge is 0.250 e. The SMILES string of the molecule is CC(=CC(=O)OF)C(F)F. The summed E-state index contributed by atoms with van der Waals surface area (Å²) in [6, 6.07) is 0. The average Bonchev–Trinajstić information content (AvgIpc) is 1.87. The van der Waals surface area contributed by atoms with Gasteiger partial charge in [-0.2, -0.15) is 0 Å². The highest BCUT2D eigenvalue weighted by Gasteiger charge is 2.07. The quantitative estimate of drug-likeness (QED) is 0.565. The third-order valence-corrected chi connectivity index (χ3v) is 0.766. The molecule has 0 aromatic carbocycles. The lowest BCUT2D eigenvalue weighted by Gasteiger charge is -1.94. The molecule has 0 bridgehead atoms. The van der Waals surface area contributed by atoms with Gasteiger partial charge in [0.15, 0.2) is 0 Å². The van der Waals surface area contributed by atoms with Crippen LogP contribution in [0, 0.1) is 0 Å². The number of rotatable bonds is 2. The normalized spacial score (nSPS) is 11.9. The molecule has 0 amide bonds. The largest absolute Gasteiger partial charge is 0.372 e. The van der Waals surface area contributed by atoms with Gasteiger partial charge in [-0.15, -0.1) is 0 Å². The Labute approximate surface area is 55.2 Å². The van der Waals surface area contributed by atoms with Crippen LogP contribution in [0.1, 0.15) is 6.92 Å². The fraction of sp³-hybridized carbons (Fsp3) is 0.400. The number of carbonyl (C=O) groups is 1. The molecular formula is C5H5F3O2. The number of carbonyl (C=O) groups excluding carboxylic acids is 1. The lowest BCUT2D eigenvalue weighted by atomic mass is 10.3. The standard InChI is InChI=1S/C5H5F3O2/c1-3(5(6)7)2-4(9)10-8/h2,5H,1H3. The number of hydrogen-bond acceptors (Lipinski definition) is 2. The van der Waals surface area contributed by atoms with Gasteiger partial charge in [0.25, 0.3) is 6.43 Å². The minimum Gasteiger partial charge on any atom is -0.250 e. The monoisotopic (exact) mass is 154 g/mol. The first-order valence-corrected chi connectivity index (χ1v) is 2.37. The minimum atomic E-state index is -2.75. The van der Waals surface area contributed by atoms with E-state index in [-0.39, 0.29) is 0 Å². The molecule has 5 heteroatoms. The van der Waals surface area contributed by atoms with Gasteiger partial charge in [0.2, 0.25) is 0 Å². The van der Waals surface area contributed by atoms with E-state index in [1.54, 1.807) is 0 Å². The van der Waals surface area contributed by atoms with Crippen LogP contribution >= 0.6 is 0 Å². The van der Waals surface area contributed by atoms with E-state index in [0.29, 0.717) is 6.08 Å². The Balaban J connectivity index is 4.03. The van der Waals surface area contributed by atoms with Gasteiger partial charge in [0.05, 0.1) is 0 Å². The summed E-state index contributed by atoms with van der Waals surface area (Å²) in [5, 5.41) is 0. The van der Waals surface area contributed by atoms with Gasteiger partial charge in [-0.1, -0.05) is 0 Å². The first-order valence-electron chi connectivity index (χ1n) is 2.37. The fourth-order valence-corrected chi connectivity index (χ4v) is 0.271. The minimum absolute atomic E-state index is 0.394. The van der Waals surface area contributed by atoms with E-state index in [0.717, 1.165) is 6.92 Å². The predicted octanol–water partition coefficient (Wildman–Crippen LogP) is 1.63. The molecule has 0 rings (SSSR count). The number of alkyl halides is 2. The third-order valence-electron chi connectivity index (χ3n) is 0.766. The van der Waals surface area contributed by atoms with Crippen LogP contribution in [-0.2, 0) is 9.74 Å². The molecule has 0 spiro atoms. The van der Waals surface area contributed by atoms with Gasteiger partial charge in [0.1, 0.15) is 0 Å². The van der Waals surface area contributed by atoms with Crippen molar-refractivity contribution in [2.75, 3.05) is 0 Å². The molecule has 0 radical (unpaired) electrons. The number of allylic oxidation sites excluding steroid dienone is 1. The number of halogens is 3. The Bertz CT molecular complexity index is 153. The summed E-state index contributed by atoms with van der Waals surface area (Å²) in [7, 11) is 0. The maximum atomic E-state index is 11.5. The average molecular weight is 154 g/mol. The van der Waals surface area contributed by atoms with Crippen LogP contribution in [0.3, 0.4) is 0 Å². The molecular weight excluding hydrogens is 149 g/mol. The Morgan fingerprint density at radius 3 is 2.40 bits per heavy atom. The zero-order valence-electron chi connectivity index (χ0n) is 5.11. The van der Waals surface area contributed by atoms with Crippen molar-refractivity contribution in [1.29, 1.82) is 0 Å². The van der Waals surface area contributed by atoms with E-state index in [9.17, 15) is 18.1 Å². The van der Waals surface area contributed by atoms with Crippen LogP contribution < -0.4 is 0 Å².